The minimum Gasteiger partial charge on any atom is -0.489 e. The lowest BCUT2D eigenvalue weighted by molar-refractivity contribution is -0.142. The number of benzene rings is 5. The molecule has 4 heterocycles. The van der Waals surface area contributed by atoms with Crippen LogP contribution in [-0.4, -0.2) is 56.4 Å². The molecule has 0 bridgehead atoms. The Kier molecular flexibility index (Phi) is 11.8. The Bertz CT molecular complexity index is 2850. The van der Waals surface area contributed by atoms with Crippen molar-refractivity contribution in [2.75, 3.05) is 6.61 Å². The molecule has 63 heavy (non-hydrogen) atoms. The number of fused-ring (bicyclic) bond motifs is 3. The molecular weight excluding hydrogens is 860 g/mol. The van der Waals surface area contributed by atoms with Crippen molar-refractivity contribution < 1.29 is 33.7 Å². The van der Waals surface area contributed by atoms with Crippen molar-refractivity contribution in [2.45, 2.75) is 58.0 Å². The van der Waals surface area contributed by atoms with Gasteiger partial charge < -0.3 is 29.5 Å². The summed E-state index contributed by atoms with van der Waals surface area (Å²) in [5.74, 6) is -0.510. The average Bonchev–Trinajstić information content (AvgIpc) is 3.74. The summed E-state index contributed by atoms with van der Waals surface area (Å²) in [6.45, 7) is 4.59. The number of rotatable bonds is 11. The number of hydrogen-bond donors (Lipinski definition) is 2. The number of ether oxygens (including phenoxy) is 3. The Morgan fingerprint density at radius 2 is 1.67 bits per heavy atom. The molecule has 0 unspecified atom stereocenters. The fourth-order valence-corrected chi connectivity index (χ4v) is 9.14. The maximum atomic E-state index is 14.4. The second-order valence-corrected chi connectivity index (χ2v) is 17.4. The first-order valence-electron chi connectivity index (χ1n) is 20.3. The number of para-hydroxylation sites is 1. The summed E-state index contributed by atoms with van der Waals surface area (Å²) in [5, 5.41) is 14.3. The highest BCUT2D eigenvalue weighted by Crippen LogP contribution is 2.41. The molecule has 0 saturated carbocycles. The summed E-state index contributed by atoms with van der Waals surface area (Å²) in [6, 6.07) is 31.4. The fraction of sp³-hybridized carbons (Fsp3) is 0.204. The number of hydrogen-bond acceptors (Lipinski definition) is 9. The van der Waals surface area contributed by atoms with E-state index in [2.05, 4.69) is 15.3 Å². The van der Waals surface area contributed by atoms with Crippen LogP contribution in [0.5, 0.6) is 17.2 Å². The minimum absolute atomic E-state index is 0.0408. The van der Waals surface area contributed by atoms with Gasteiger partial charge in [-0.1, -0.05) is 77.8 Å². The molecule has 2 aromatic heterocycles. The lowest BCUT2D eigenvalue weighted by Gasteiger charge is -2.37. The molecule has 5 aromatic carbocycles. The van der Waals surface area contributed by atoms with E-state index in [1.54, 1.807) is 18.3 Å². The summed E-state index contributed by atoms with van der Waals surface area (Å²) in [7, 11) is 0. The number of carbonyl (C=O) groups excluding carboxylic acids is 2. The van der Waals surface area contributed by atoms with Crippen LogP contribution in [0.4, 0.5) is 0 Å². The van der Waals surface area contributed by atoms with Gasteiger partial charge in [0.15, 0.2) is 22.6 Å². The first-order chi connectivity index (χ1) is 30.5. The Morgan fingerprint density at radius 1 is 0.905 bits per heavy atom. The minimum atomic E-state index is -1.26. The van der Waals surface area contributed by atoms with E-state index in [1.807, 2.05) is 111 Å². The van der Waals surface area contributed by atoms with Crippen LogP contribution < -0.4 is 19.5 Å². The lowest BCUT2D eigenvalue weighted by Crippen LogP contribution is -2.56. The lowest BCUT2D eigenvalue weighted by atomic mass is 9.92. The van der Waals surface area contributed by atoms with Crippen molar-refractivity contribution in [2.24, 2.45) is 0 Å². The third kappa shape index (κ3) is 8.92. The molecule has 318 valence electrons. The summed E-state index contributed by atoms with van der Waals surface area (Å²) >= 11 is 13.5. The van der Waals surface area contributed by atoms with Gasteiger partial charge in [0, 0.05) is 31.3 Å². The standard InChI is InChI=1S/C49H40Cl2N4O7S/c1-27-28(2)52-18-17-36(27)31-10-7-29(8-11-31)20-40(49(58)59)53-46(56)41-21-33-22-42-43(23-34(33)24-55(41)48(57)47-54-39-5-3-4-6-45(39)63-47)62-44(26-61-42)32-12-14-35(15-13-32)60-25-30-9-16-37(50)38(51)19-30/h3-19,22-23,40-41,44H,20-21,24-26H2,1-2H3,(H,53,56)(H,58,59)/t40-,41-,44+/m0/s1. The van der Waals surface area contributed by atoms with Crippen LogP contribution in [0, 0.1) is 13.8 Å². The molecule has 2 aliphatic heterocycles. The van der Waals surface area contributed by atoms with Gasteiger partial charge in [-0.05, 0) is 113 Å². The number of aromatic nitrogens is 2. The molecule has 0 fully saturated rings. The van der Waals surface area contributed by atoms with E-state index < -0.39 is 36.0 Å². The van der Waals surface area contributed by atoms with Gasteiger partial charge in [0.25, 0.3) is 5.91 Å². The summed E-state index contributed by atoms with van der Waals surface area (Å²) in [4.78, 5) is 51.9. The van der Waals surface area contributed by atoms with E-state index in [-0.39, 0.29) is 31.0 Å². The Labute approximate surface area is 377 Å². The third-order valence-corrected chi connectivity index (χ3v) is 13.3. The molecule has 3 atom stereocenters. The van der Waals surface area contributed by atoms with Crippen molar-refractivity contribution in [3.63, 3.8) is 0 Å². The van der Waals surface area contributed by atoms with Crippen molar-refractivity contribution in [3.05, 3.63) is 170 Å². The van der Waals surface area contributed by atoms with Crippen molar-refractivity contribution >= 4 is 62.5 Å². The first kappa shape index (κ1) is 41.9. The van der Waals surface area contributed by atoms with E-state index in [1.165, 1.54) is 16.2 Å². The Balaban J connectivity index is 0.935. The molecule has 2 amide bonds. The first-order valence-corrected chi connectivity index (χ1v) is 21.9. The maximum absolute atomic E-state index is 14.4. The van der Waals surface area contributed by atoms with Gasteiger partial charge in [-0.15, -0.1) is 11.3 Å². The largest absolute Gasteiger partial charge is 0.489 e. The number of aliphatic carboxylic acids is 1. The topological polar surface area (TPSA) is 140 Å². The number of carboxylic acid groups (broad SMARTS) is 1. The summed E-state index contributed by atoms with van der Waals surface area (Å²) in [5.41, 5.74) is 8.76. The van der Waals surface area contributed by atoms with E-state index in [0.29, 0.717) is 39.4 Å². The number of halogens is 2. The SMILES string of the molecule is Cc1nccc(-c2ccc(C[C@H](NC(=O)[C@@H]3Cc4cc5c(cc4CN3C(=O)c3nc4ccccc4s3)O[C@@H](c3ccc(OCc4ccc(Cl)c(Cl)c4)cc3)CO5)C(=O)O)cc2)c1C. The zero-order valence-corrected chi connectivity index (χ0v) is 36.5. The van der Waals surface area contributed by atoms with Gasteiger partial charge in [0.1, 0.15) is 31.0 Å². The molecule has 2 aliphatic rings. The smallest absolute Gasteiger partial charge is 0.326 e. The number of carbonyl (C=O) groups is 3. The molecule has 9 rings (SSSR count). The highest BCUT2D eigenvalue weighted by Gasteiger charge is 2.39. The molecule has 11 nitrogen and oxygen atoms in total. The second-order valence-electron chi connectivity index (χ2n) is 15.6. The Hall–Kier alpha value is -6.47. The molecule has 7 aromatic rings. The molecule has 0 radical (unpaired) electrons. The summed E-state index contributed by atoms with van der Waals surface area (Å²) in [6.07, 6.45) is 1.50. The number of aryl methyl sites for hydroxylation is 1. The van der Waals surface area contributed by atoms with Crippen LogP contribution in [0.25, 0.3) is 21.3 Å². The normalized spacial score (nSPS) is 16.0. The van der Waals surface area contributed by atoms with Gasteiger partial charge in [-0.2, -0.15) is 0 Å². The number of thiazole rings is 1. The van der Waals surface area contributed by atoms with Crippen LogP contribution in [-0.2, 0) is 35.6 Å². The number of carboxylic acids is 1. The van der Waals surface area contributed by atoms with Gasteiger partial charge in [0.05, 0.1) is 20.3 Å². The predicted molar refractivity (Wildman–Crippen MR) is 242 cm³/mol. The quantitative estimate of drug-likeness (QED) is 0.130. The number of nitrogens with zero attached hydrogens (tertiary/aromatic N) is 3. The number of nitrogens with one attached hydrogen (secondary N) is 1. The van der Waals surface area contributed by atoms with Crippen molar-refractivity contribution in [3.8, 4) is 28.4 Å². The van der Waals surface area contributed by atoms with Crippen LogP contribution in [0.15, 0.2) is 115 Å². The van der Waals surface area contributed by atoms with Gasteiger partial charge in [-0.3, -0.25) is 14.6 Å². The molecule has 0 aliphatic carbocycles. The van der Waals surface area contributed by atoms with Crippen molar-refractivity contribution in [1.82, 2.24) is 20.2 Å². The molecular formula is C49H40Cl2N4O7S. The zero-order chi connectivity index (χ0) is 43.8. The third-order valence-electron chi connectivity index (χ3n) is 11.5. The predicted octanol–water partition coefficient (Wildman–Crippen LogP) is 9.75. The van der Waals surface area contributed by atoms with Gasteiger partial charge >= 0.3 is 5.97 Å². The molecule has 2 N–H and O–H groups in total. The van der Waals surface area contributed by atoms with Crippen LogP contribution in [0.1, 0.15) is 55.0 Å². The molecule has 14 heteroatoms. The van der Waals surface area contributed by atoms with E-state index in [9.17, 15) is 19.5 Å². The van der Waals surface area contributed by atoms with Crippen LogP contribution in [0.3, 0.4) is 0 Å². The monoisotopic (exact) mass is 898 g/mol. The fourth-order valence-electron chi connectivity index (χ4n) is 7.90. The maximum Gasteiger partial charge on any atom is 0.326 e. The van der Waals surface area contributed by atoms with Crippen molar-refractivity contribution in [1.29, 1.82) is 0 Å². The highest BCUT2D eigenvalue weighted by molar-refractivity contribution is 7.20. The summed E-state index contributed by atoms with van der Waals surface area (Å²) < 4.78 is 19.5. The van der Waals surface area contributed by atoms with E-state index in [0.717, 1.165) is 54.9 Å². The highest BCUT2D eigenvalue weighted by atomic mass is 35.5. The van der Waals surface area contributed by atoms with Gasteiger partial charge in [-0.25, -0.2) is 9.78 Å². The second kappa shape index (κ2) is 17.7. The van der Waals surface area contributed by atoms with Crippen LogP contribution >= 0.6 is 34.5 Å². The molecule has 0 spiro atoms. The van der Waals surface area contributed by atoms with Crippen LogP contribution in [0.2, 0.25) is 10.0 Å². The number of amides is 2. The van der Waals surface area contributed by atoms with Gasteiger partial charge in [0.2, 0.25) is 5.91 Å². The number of pyridine rings is 1. The average molecular weight is 900 g/mol. The molecule has 0 saturated heterocycles. The zero-order valence-electron chi connectivity index (χ0n) is 34.1. The Morgan fingerprint density at radius 3 is 2.43 bits per heavy atom. The van der Waals surface area contributed by atoms with E-state index >= 15 is 0 Å². The van der Waals surface area contributed by atoms with E-state index in [4.69, 9.17) is 37.4 Å².